The fraction of sp³-hybridized carbons (Fsp3) is 0.111. The highest BCUT2D eigenvalue weighted by molar-refractivity contribution is 5.92. The van der Waals surface area contributed by atoms with Crippen LogP contribution >= 0.6 is 0 Å². The van der Waals surface area contributed by atoms with Gasteiger partial charge in [-0.1, -0.05) is 30.3 Å². The van der Waals surface area contributed by atoms with Crippen molar-refractivity contribution in [2.24, 2.45) is 7.05 Å². The van der Waals surface area contributed by atoms with Gasteiger partial charge in [-0.15, -0.1) is 0 Å². The third-order valence-electron chi connectivity index (χ3n) is 3.56. The molecular weight excluding hydrogens is 292 g/mol. The van der Waals surface area contributed by atoms with E-state index in [-0.39, 0.29) is 5.56 Å². The number of nitrogens with zero attached hydrogens (tertiary/aromatic N) is 2. The van der Waals surface area contributed by atoms with Crippen LogP contribution in [0.2, 0.25) is 0 Å². The summed E-state index contributed by atoms with van der Waals surface area (Å²) in [6, 6.07) is 16.6. The third kappa shape index (κ3) is 3.23. The molecule has 0 aliphatic rings. The van der Waals surface area contributed by atoms with Crippen molar-refractivity contribution in [2.45, 2.75) is 6.61 Å². The van der Waals surface area contributed by atoms with Crippen molar-refractivity contribution in [1.29, 1.82) is 0 Å². The van der Waals surface area contributed by atoms with Gasteiger partial charge < -0.3 is 9.84 Å². The first kappa shape index (κ1) is 14.8. The molecule has 116 valence electrons. The maximum Gasteiger partial charge on any atom is 0.339 e. The Bertz CT molecular complexity index is 825. The summed E-state index contributed by atoms with van der Waals surface area (Å²) in [5.74, 6) is -0.663. The van der Waals surface area contributed by atoms with Crippen LogP contribution in [-0.2, 0) is 13.7 Å². The molecule has 0 unspecified atom stereocenters. The minimum Gasteiger partial charge on any atom is -0.488 e. The van der Waals surface area contributed by atoms with E-state index in [0.29, 0.717) is 12.4 Å². The Kier molecular flexibility index (Phi) is 4.10. The van der Waals surface area contributed by atoms with Gasteiger partial charge in [-0.05, 0) is 29.8 Å². The van der Waals surface area contributed by atoms with E-state index in [0.717, 1.165) is 16.8 Å². The van der Waals surface area contributed by atoms with Crippen LogP contribution in [0, 0.1) is 0 Å². The zero-order valence-electron chi connectivity index (χ0n) is 12.6. The van der Waals surface area contributed by atoms with Crippen LogP contribution in [0.4, 0.5) is 0 Å². The molecule has 0 spiro atoms. The Morgan fingerprint density at radius 3 is 2.61 bits per heavy atom. The van der Waals surface area contributed by atoms with Crippen LogP contribution < -0.4 is 4.74 Å². The number of carbonyl (C=O) groups is 1. The number of hydrogen-bond donors (Lipinski definition) is 1. The zero-order valence-corrected chi connectivity index (χ0v) is 12.6. The third-order valence-corrected chi connectivity index (χ3v) is 3.56. The van der Waals surface area contributed by atoms with Gasteiger partial charge in [0.2, 0.25) is 0 Å². The summed E-state index contributed by atoms with van der Waals surface area (Å²) in [6.07, 6.45) is 1.68. The predicted molar refractivity (Wildman–Crippen MR) is 86.4 cm³/mol. The van der Waals surface area contributed by atoms with Crippen molar-refractivity contribution in [1.82, 2.24) is 9.78 Å². The van der Waals surface area contributed by atoms with E-state index >= 15 is 0 Å². The van der Waals surface area contributed by atoms with Crippen molar-refractivity contribution in [3.63, 3.8) is 0 Å². The van der Waals surface area contributed by atoms with Gasteiger partial charge in [-0.25, -0.2) is 4.79 Å². The lowest BCUT2D eigenvalue weighted by atomic mass is 10.1. The standard InChI is InChI=1S/C18H16N2O3/c1-20-16(9-10-19-20)14-7-8-17(15(11-14)18(21)22)23-12-13-5-3-2-4-6-13/h2-11H,12H2,1H3,(H,21,22). The van der Waals surface area contributed by atoms with Crippen LogP contribution in [0.5, 0.6) is 5.75 Å². The second kappa shape index (κ2) is 6.36. The molecule has 3 aromatic rings. The van der Waals surface area contributed by atoms with Gasteiger partial charge in [-0.2, -0.15) is 5.10 Å². The summed E-state index contributed by atoms with van der Waals surface area (Å²) >= 11 is 0. The minimum atomic E-state index is -1.02. The van der Waals surface area contributed by atoms with Gasteiger partial charge in [0, 0.05) is 18.8 Å². The smallest absolute Gasteiger partial charge is 0.339 e. The maximum atomic E-state index is 11.5. The molecule has 0 aliphatic carbocycles. The topological polar surface area (TPSA) is 64.4 Å². The average molecular weight is 308 g/mol. The van der Waals surface area contributed by atoms with Crippen LogP contribution in [-0.4, -0.2) is 20.9 Å². The van der Waals surface area contributed by atoms with Gasteiger partial charge >= 0.3 is 5.97 Å². The first-order valence-electron chi connectivity index (χ1n) is 7.17. The molecule has 5 nitrogen and oxygen atoms in total. The molecule has 0 amide bonds. The van der Waals surface area contributed by atoms with E-state index in [9.17, 15) is 9.90 Å². The maximum absolute atomic E-state index is 11.5. The lowest BCUT2D eigenvalue weighted by molar-refractivity contribution is 0.0692. The average Bonchev–Trinajstić information content (AvgIpc) is 3.00. The highest BCUT2D eigenvalue weighted by atomic mass is 16.5. The molecule has 0 fully saturated rings. The van der Waals surface area contributed by atoms with E-state index in [4.69, 9.17) is 4.74 Å². The number of aromatic carboxylic acids is 1. The number of rotatable bonds is 5. The van der Waals surface area contributed by atoms with Crippen LogP contribution in [0.15, 0.2) is 60.8 Å². The van der Waals surface area contributed by atoms with Crippen molar-refractivity contribution in [3.8, 4) is 17.0 Å². The number of benzene rings is 2. The molecule has 2 aromatic carbocycles. The number of aryl methyl sites for hydroxylation is 1. The predicted octanol–water partition coefficient (Wildman–Crippen LogP) is 3.36. The highest BCUT2D eigenvalue weighted by Crippen LogP contribution is 2.27. The Balaban J connectivity index is 1.89. The molecule has 5 heteroatoms. The summed E-state index contributed by atoms with van der Waals surface area (Å²) in [6.45, 7) is 0.326. The lowest BCUT2D eigenvalue weighted by Crippen LogP contribution is -2.04. The van der Waals surface area contributed by atoms with E-state index in [2.05, 4.69) is 5.10 Å². The molecule has 0 bridgehead atoms. The van der Waals surface area contributed by atoms with E-state index in [1.54, 1.807) is 23.0 Å². The van der Waals surface area contributed by atoms with Crippen LogP contribution in [0.25, 0.3) is 11.3 Å². The second-order valence-electron chi connectivity index (χ2n) is 5.13. The fourth-order valence-corrected chi connectivity index (χ4v) is 2.37. The Morgan fingerprint density at radius 1 is 1.17 bits per heavy atom. The molecular formula is C18H16N2O3. The summed E-state index contributed by atoms with van der Waals surface area (Å²) in [5.41, 5.74) is 2.76. The fourth-order valence-electron chi connectivity index (χ4n) is 2.37. The molecule has 1 heterocycles. The van der Waals surface area contributed by atoms with Crippen LogP contribution in [0.1, 0.15) is 15.9 Å². The number of ether oxygens (including phenoxy) is 1. The molecule has 3 rings (SSSR count). The van der Waals surface area contributed by atoms with Gasteiger partial charge in [0.05, 0.1) is 5.69 Å². The van der Waals surface area contributed by atoms with Gasteiger partial charge in [0.1, 0.15) is 17.9 Å². The Labute approximate surface area is 133 Å². The van der Waals surface area contributed by atoms with Crippen molar-refractivity contribution in [2.75, 3.05) is 0 Å². The molecule has 1 N–H and O–H groups in total. The monoisotopic (exact) mass is 308 g/mol. The number of hydrogen-bond acceptors (Lipinski definition) is 3. The van der Waals surface area contributed by atoms with E-state index in [1.807, 2.05) is 49.5 Å². The van der Waals surface area contributed by atoms with E-state index in [1.165, 1.54) is 0 Å². The van der Waals surface area contributed by atoms with Gasteiger partial charge in [0.15, 0.2) is 0 Å². The van der Waals surface area contributed by atoms with Gasteiger partial charge in [0.25, 0.3) is 0 Å². The summed E-state index contributed by atoms with van der Waals surface area (Å²) in [4.78, 5) is 11.5. The number of carboxylic acids is 1. The molecule has 23 heavy (non-hydrogen) atoms. The minimum absolute atomic E-state index is 0.139. The van der Waals surface area contributed by atoms with E-state index < -0.39 is 5.97 Å². The largest absolute Gasteiger partial charge is 0.488 e. The molecule has 0 atom stereocenters. The highest BCUT2D eigenvalue weighted by Gasteiger charge is 2.14. The second-order valence-corrected chi connectivity index (χ2v) is 5.13. The molecule has 1 aromatic heterocycles. The molecule has 0 saturated heterocycles. The molecule has 0 saturated carbocycles. The first-order valence-corrected chi connectivity index (χ1v) is 7.17. The lowest BCUT2D eigenvalue weighted by Gasteiger charge is -2.11. The summed E-state index contributed by atoms with van der Waals surface area (Å²) < 4.78 is 7.38. The first-order chi connectivity index (χ1) is 11.1. The normalized spacial score (nSPS) is 10.5. The van der Waals surface area contributed by atoms with Crippen molar-refractivity contribution >= 4 is 5.97 Å². The van der Waals surface area contributed by atoms with Crippen LogP contribution in [0.3, 0.4) is 0 Å². The Hall–Kier alpha value is -3.08. The summed E-state index contributed by atoms with van der Waals surface area (Å²) in [5, 5.41) is 13.6. The number of aromatic nitrogens is 2. The van der Waals surface area contributed by atoms with Crippen molar-refractivity contribution < 1.29 is 14.6 Å². The van der Waals surface area contributed by atoms with Crippen molar-refractivity contribution in [3.05, 3.63) is 71.9 Å². The Morgan fingerprint density at radius 2 is 1.96 bits per heavy atom. The molecule has 0 aliphatic heterocycles. The quantitative estimate of drug-likeness (QED) is 0.785. The number of carboxylic acid groups (broad SMARTS) is 1. The molecule has 0 radical (unpaired) electrons. The SMILES string of the molecule is Cn1nccc1-c1ccc(OCc2ccccc2)c(C(=O)O)c1. The van der Waals surface area contributed by atoms with Gasteiger partial charge in [-0.3, -0.25) is 4.68 Å². The summed E-state index contributed by atoms with van der Waals surface area (Å²) in [7, 11) is 1.82. The zero-order chi connectivity index (χ0) is 16.2.